The highest BCUT2D eigenvalue weighted by Crippen LogP contribution is 2.22. The van der Waals surface area contributed by atoms with Crippen LogP contribution in [0, 0.1) is 0 Å². The molecule has 0 saturated carbocycles. The second kappa shape index (κ2) is 4.87. The van der Waals surface area contributed by atoms with Gasteiger partial charge in [-0.25, -0.2) is 9.48 Å². The molecule has 1 unspecified atom stereocenters. The number of aromatic hydroxyl groups is 1. The van der Waals surface area contributed by atoms with Crippen molar-refractivity contribution in [2.45, 2.75) is 19.4 Å². The van der Waals surface area contributed by atoms with Crippen molar-refractivity contribution in [1.29, 1.82) is 0 Å². The van der Waals surface area contributed by atoms with Gasteiger partial charge in [0.1, 0.15) is 11.4 Å². The lowest BCUT2D eigenvalue weighted by atomic mass is 10.1. The minimum Gasteiger partial charge on any atom is -0.508 e. The molecular weight excluding hydrogens is 234 g/mol. The van der Waals surface area contributed by atoms with E-state index in [1.165, 1.54) is 4.68 Å². The highest BCUT2D eigenvalue weighted by molar-refractivity contribution is 5.72. The third-order valence-electron chi connectivity index (χ3n) is 2.64. The SMILES string of the molecule is CCC(C(=O)O)n1cc(-c2cccc(O)c2)nn1. The fourth-order valence-electron chi connectivity index (χ4n) is 1.70. The first-order valence-corrected chi connectivity index (χ1v) is 5.56. The van der Waals surface area contributed by atoms with E-state index < -0.39 is 12.0 Å². The summed E-state index contributed by atoms with van der Waals surface area (Å²) < 4.78 is 1.32. The van der Waals surface area contributed by atoms with Gasteiger partial charge in [-0.15, -0.1) is 5.10 Å². The first-order valence-electron chi connectivity index (χ1n) is 5.56. The van der Waals surface area contributed by atoms with Crippen LogP contribution in [0.3, 0.4) is 0 Å². The van der Waals surface area contributed by atoms with Crippen molar-refractivity contribution in [2.75, 3.05) is 0 Å². The van der Waals surface area contributed by atoms with Crippen molar-refractivity contribution in [2.24, 2.45) is 0 Å². The second-order valence-corrected chi connectivity index (χ2v) is 3.90. The van der Waals surface area contributed by atoms with E-state index in [9.17, 15) is 9.90 Å². The Balaban J connectivity index is 2.33. The highest BCUT2D eigenvalue weighted by Gasteiger charge is 2.19. The molecule has 0 radical (unpaired) electrons. The van der Waals surface area contributed by atoms with Crippen LogP contribution in [0.4, 0.5) is 0 Å². The monoisotopic (exact) mass is 247 g/mol. The lowest BCUT2D eigenvalue weighted by molar-refractivity contribution is -0.141. The van der Waals surface area contributed by atoms with Gasteiger partial charge in [0, 0.05) is 5.56 Å². The summed E-state index contributed by atoms with van der Waals surface area (Å²) in [6.45, 7) is 1.77. The van der Waals surface area contributed by atoms with Gasteiger partial charge < -0.3 is 10.2 Å². The molecule has 18 heavy (non-hydrogen) atoms. The Morgan fingerprint density at radius 3 is 2.89 bits per heavy atom. The average Bonchev–Trinajstić information content (AvgIpc) is 2.79. The van der Waals surface area contributed by atoms with Crippen molar-refractivity contribution in [3.05, 3.63) is 30.5 Å². The molecule has 0 saturated heterocycles. The van der Waals surface area contributed by atoms with Gasteiger partial charge in [0.25, 0.3) is 0 Å². The Morgan fingerprint density at radius 2 is 2.28 bits per heavy atom. The van der Waals surface area contributed by atoms with Crippen LogP contribution < -0.4 is 0 Å². The number of aromatic nitrogens is 3. The van der Waals surface area contributed by atoms with E-state index in [1.54, 1.807) is 37.4 Å². The third kappa shape index (κ3) is 2.32. The van der Waals surface area contributed by atoms with E-state index in [1.807, 2.05) is 0 Å². The molecule has 1 aromatic heterocycles. The summed E-state index contributed by atoms with van der Waals surface area (Å²) in [5.74, 6) is -0.808. The number of aliphatic carboxylic acids is 1. The largest absolute Gasteiger partial charge is 0.508 e. The van der Waals surface area contributed by atoms with Gasteiger partial charge in [0.15, 0.2) is 6.04 Å². The van der Waals surface area contributed by atoms with Crippen molar-refractivity contribution in [3.63, 3.8) is 0 Å². The minimum absolute atomic E-state index is 0.132. The maximum atomic E-state index is 11.0. The molecule has 0 aliphatic carbocycles. The summed E-state index contributed by atoms with van der Waals surface area (Å²) in [7, 11) is 0. The van der Waals surface area contributed by atoms with Crippen molar-refractivity contribution in [3.8, 4) is 17.0 Å². The number of rotatable bonds is 4. The molecule has 0 amide bonds. The zero-order valence-electron chi connectivity index (χ0n) is 9.82. The maximum Gasteiger partial charge on any atom is 0.328 e. The molecule has 6 nitrogen and oxygen atoms in total. The van der Waals surface area contributed by atoms with Gasteiger partial charge in [-0.1, -0.05) is 24.3 Å². The Kier molecular flexibility index (Phi) is 3.27. The van der Waals surface area contributed by atoms with Gasteiger partial charge in [0.2, 0.25) is 0 Å². The van der Waals surface area contributed by atoms with E-state index in [2.05, 4.69) is 10.3 Å². The van der Waals surface area contributed by atoms with Crippen molar-refractivity contribution >= 4 is 5.97 Å². The lowest BCUT2D eigenvalue weighted by Gasteiger charge is -2.07. The molecular formula is C12H13N3O3. The van der Waals surface area contributed by atoms with Crippen LogP contribution in [0.1, 0.15) is 19.4 Å². The van der Waals surface area contributed by atoms with E-state index in [0.717, 1.165) is 0 Å². The van der Waals surface area contributed by atoms with Crippen LogP contribution in [-0.2, 0) is 4.79 Å². The Hall–Kier alpha value is -2.37. The molecule has 1 atom stereocenters. The summed E-state index contributed by atoms with van der Waals surface area (Å²) in [5.41, 5.74) is 1.23. The number of nitrogens with zero attached hydrogens (tertiary/aromatic N) is 3. The number of carboxylic acid groups (broad SMARTS) is 1. The molecule has 1 aromatic carbocycles. The highest BCUT2D eigenvalue weighted by atomic mass is 16.4. The normalized spacial score (nSPS) is 12.3. The summed E-state index contributed by atoms with van der Waals surface area (Å²) in [6.07, 6.45) is 2.00. The zero-order valence-corrected chi connectivity index (χ0v) is 9.82. The van der Waals surface area contributed by atoms with Crippen LogP contribution in [0.2, 0.25) is 0 Å². The van der Waals surface area contributed by atoms with Crippen LogP contribution in [0.5, 0.6) is 5.75 Å². The average molecular weight is 247 g/mol. The van der Waals surface area contributed by atoms with E-state index in [-0.39, 0.29) is 5.75 Å². The van der Waals surface area contributed by atoms with Crippen LogP contribution >= 0.6 is 0 Å². The second-order valence-electron chi connectivity index (χ2n) is 3.90. The minimum atomic E-state index is -0.940. The fourth-order valence-corrected chi connectivity index (χ4v) is 1.70. The molecule has 0 fully saturated rings. The van der Waals surface area contributed by atoms with E-state index >= 15 is 0 Å². The number of carbonyl (C=O) groups is 1. The number of phenolic OH excluding ortho intramolecular Hbond substituents is 1. The number of hydrogen-bond donors (Lipinski definition) is 2. The van der Waals surface area contributed by atoms with Crippen molar-refractivity contribution in [1.82, 2.24) is 15.0 Å². The Morgan fingerprint density at radius 1 is 1.50 bits per heavy atom. The van der Waals surface area contributed by atoms with Crippen LogP contribution in [0.25, 0.3) is 11.3 Å². The summed E-state index contributed by atoms with van der Waals surface area (Å²) >= 11 is 0. The molecule has 1 heterocycles. The van der Waals surface area contributed by atoms with E-state index in [0.29, 0.717) is 17.7 Å². The fraction of sp³-hybridized carbons (Fsp3) is 0.250. The topological polar surface area (TPSA) is 88.2 Å². The third-order valence-corrected chi connectivity index (χ3v) is 2.64. The van der Waals surface area contributed by atoms with Gasteiger partial charge in [-0.3, -0.25) is 0 Å². The molecule has 0 spiro atoms. The number of hydrogen-bond acceptors (Lipinski definition) is 4. The van der Waals surface area contributed by atoms with Gasteiger partial charge in [-0.2, -0.15) is 0 Å². The summed E-state index contributed by atoms with van der Waals surface area (Å²) in [4.78, 5) is 11.0. The molecule has 94 valence electrons. The Labute approximate surface area is 103 Å². The molecule has 2 rings (SSSR count). The molecule has 0 aliphatic rings. The number of phenols is 1. The van der Waals surface area contributed by atoms with Crippen LogP contribution in [-0.4, -0.2) is 31.2 Å². The molecule has 2 aromatic rings. The van der Waals surface area contributed by atoms with Gasteiger partial charge in [0.05, 0.1) is 6.20 Å². The molecule has 0 bridgehead atoms. The number of benzene rings is 1. The lowest BCUT2D eigenvalue weighted by Crippen LogP contribution is -2.18. The Bertz CT molecular complexity index is 565. The number of carboxylic acids is 1. The summed E-state index contributed by atoms with van der Waals surface area (Å²) in [5, 5.41) is 26.1. The van der Waals surface area contributed by atoms with E-state index in [4.69, 9.17) is 5.11 Å². The first-order chi connectivity index (χ1) is 8.61. The molecule has 2 N–H and O–H groups in total. The molecule has 0 aliphatic heterocycles. The smallest absolute Gasteiger partial charge is 0.328 e. The van der Waals surface area contributed by atoms with Gasteiger partial charge >= 0.3 is 5.97 Å². The molecule has 6 heteroatoms. The van der Waals surface area contributed by atoms with Crippen LogP contribution in [0.15, 0.2) is 30.5 Å². The first kappa shape index (κ1) is 12.1. The standard InChI is InChI=1S/C12H13N3O3/c1-2-11(12(17)18)15-7-10(13-14-15)8-4-3-5-9(16)6-8/h3-7,11,16H,2H2,1H3,(H,17,18). The van der Waals surface area contributed by atoms with Crippen molar-refractivity contribution < 1.29 is 15.0 Å². The zero-order chi connectivity index (χ0) is 13.1. The predicted octanol–water partition coefficient (Wildman–Crippen LogP) is 1.69. The quantitative estimate of drug-likeness (QED) is 0.858. The predicted molar refractivity (Wildman–Crippen MR) is 64.1 cm³/mol. The van der Waals surface area contributed by atoms with Gasteiger partial charge in [-0.05, 0) is 18.6 Å². The summed E-state index contributed by atoms with van der Waals surface area (Å²) in [6, 6.07) is 5.85. The maximum absolute atomic E-state index is 11.0.